The maximum atomic E-state index is 9.33. The summed E-state index contributed by atoms with van der Waals surface area (Å²) < 4.78 is 7.37. The summed E-state index contributed by atoms with van der Waals surface area (Å²) in [7, 11) is 1.92. The highest BCUT2D eigenvalue weighted by Crippen LogP contribution is 2.25. The topological polar surface area (TPSA) is 79.3 Å². The SMILES string of the molecule is Cc1c(-c2cc(CNc3ccccc3CN3CCC(CO)CC3)on2)cnn1C. The van der Waals surface area contributed by atoms with Crippen molar-refractivity contribution in [3.8, 4) is 11.3 Å². The van der Waals surface area contributed by atoms with E-state index in [0.717, 1.165) is 60.9 Å². The number of likely N-dealkylation sites (tertiary alicyclic amines) is 1. The molecular formula is C22H29N5O2. The molecule has 0 radical (unpaired) electrons. The van der Waals surface area contributed by atoms with Crippen LogP contribution in [0, 0.1) is 12.8 Å². The Bertz CT molecular complexity index is 940. The van der Waals surface area contributed by atoms with E-state index in [0.29, 0.717) is 19.1 Å². The molecule has 3 aromatic rings. The van der Waals surface area contributed by atoms with Crippen molar-refractivity contribution in [1.29, 1.82) is 0 Å². The number of nitrogens with one attached hydrogen (secondary N) is 1. The predicted octanol–water partition coefficient (Wildman–Crippen LogP) is 3.20. The lowest BCUT2D eigenvalue weighted by Gasteiger charge is -2.31. The Kier molecular flexibility index (Phi) is 5.97. The van der Waals surface area contributed by atoms with E-state index in [4.69, 9.17) is 4.52 Å². The maximum Gasteiger partial charge on any atom is 0.156 e. The molecule has 3 heterocycles. The van der Waals surface area contributed by atoms with Gasteiger partial charge in [0.1, 0.15) is 5.69 Å². The first-order chi connectivity index (χ1) is 14.1. The van der Waals surface area contributed by atoms with Crippen molar-refractivity contribution in [2.24, 2.45) is 13.0 Å². The quantitative estimate of drug-likeness (QED) is 0.640. The van der Waals surface area contributed by atoms with Crippen molar-refractivity contribution in [1.82, 2.24) is 19.8 Å². The largest absolute Gasteiger partial charge is 0.396 e. The van der Waals surface area contributed by atoms with Gasteiger partial charge in [0.2, 0.25) is 0 Å². The Morgan fingerprint density at radius 3 is 2.76 bits per heavy atom. The van der Waals surface area contributed by atoms with E-state index in [9.17, 15) is 5.11 Å². The molecule has 1 aliphatic heterocycles. The van der Waals surface area contributed by atoms with Crippen LogP contribution >= 0.6 is 0 Å². The molecule has 7 nitrogen and oxygen atoms in total. The smallest absolute Gasteiger partial charge is 0.156 e. The van der Waals surface area contributed by atoms with E-state index in [-0.39, 0.29) is 0 Å². The molecule has 29 heavy (non-hydrogen) atoms. The van der Waals surface area contributed by atoms with Crippen LogP contribution in [0.1, 0.15) is 29.9 Å². The number of hydrogen-bond acceptors (Lipinski definition) is 6. The second-order valence-electron chi connectivity index (χ2n) is 7.86. The number of aliphatic hydroxyl groups is 1. The highest BCUT2D eigenvalue weighted by atomic mass is 16.5. The van der Waals surface area contributed by atoms with E-state index in [2.05, 4.69) is 44.7 Å². The molecule has 2 N–H and O–H groups in total. The second-order valence-corrected chi connectivity index (χ2v) is 7.86. The van der Waals surface area contributed by atoms with E-state index in [1.54, 1.807) is 0 Å². The van der Waals surface area contributed by atoms with E-state index in [1.165, 1.54) is 5.56 Å². The third kappa shape index (κ3) is 4.52. The zero-order valence-corrected chi connectivity index (χ0v) is 17.1. The van der Waals surface area contributed by atoms with Crippen LogP contribution in [0.2, 0.25) is 0 Å². The van der Waals surface area contributed by atoms with Crippen molar-refractivity contribution >= 4 is 5.69 Å². The number of nitrogens with zero attached hydrogens (tertiary/aromatic N) is 4. The lowest BCUT2D eigenvalue weighted by Crippen LogP contribution is -2.34. The molecule has 0 unspecified atom stereocenters. The van der Waals surface area contributed by atoms with Crippen LogP contribution in [-0.4, -0.2) is 44.6 Å². The van der Waals surface area contributed by atoms with E-state index < -0.39 is 0 Å². The lowest BCUT2D eigenvalue weighted by atomic mass is 9.97. The number of aryl methyl sites for hydroxylation is 1. The molecule has 1 saturated heterocycles. The van der Waals surface area contributed by atoms with Gasteiger partial charge in [-0.25, -0.2) is 0 Å². The highest BCUT2D eigenvalue weighted by molar-refractivity contribution is 5.61. The summed E-state index contributed by atoms with van der Waals surface area (Å²) in [4.78, 5) is 2.46. The minimum absolute atomic E-state index is 0.309. The van der Waals surface area contributed by atoms with Crippen LogP contribution in [0.25, 0.3) is 11.3 Å². The number of aliphatic hydroxyl groups excluding tert-OH is 1. The Hall–Kier alpha value is -2.64. The van der Waals surface area contributed by atoms with E-state index in [1.807, 2.05) is 30.9 Å². The first kappa shape index (κ1) is 19.7. The van der Waals surface area contributed by atoms with Gasteiger partial charge >= 0.3 is 0 Å². The predicted molar refractivity (Wildman–Crippen MR) is 112 cm³/mol. The molecule has 1 fully saturated rings. The van der Waals surface area contributed by atoms with Crippen molar-refractivity contribution in [3.05, 3.63) is 53.5 Å². The van der Waals surface area contributed by atoms with Gasteiger partial charge in [0.15, 0.2) is 5.76 Å². The Morgan fingerprint density at radius 2 is 2.03 bits per heavy atom. The van der Waals surface area contributed by atoms with Gasteiger partial charge in [-0.1, -0.05) is 23.4 Å². The molecule has 0 bridgehead atoms. The summed E-state index contributed by atoms with van der Waals surface area (Å²) in [6.45, 7) is 5.90. The van der Waals surface area contributed by atoms with E-state index >= 15 is 0 Å². The van der Waals surface area contributed by atoms with Gasteiger partial charge in [-0.3, -0.25) is 9.58 Å². The average Bonchev–Trinajstić information content (AvgIpc) is 3.34. The molecule has 0 aliphatic carbocycles. The Balaban J connectivity index is 1.39. The van der Waals surface area contributed by atoms with Crippen LogP contribution < -0.4 is 5.32 Å². The summed E-state index contributed by atoms with van der Waals surface area (Å²) in [5.41, 5.74) is 5.26. The van der Waals surface area contributed by atoms with Gasteiger partial charge in [0.05, 0.1) is 12.7 Å². The van der Waals surface area contributed by atoms with Gasteiger partial charge < -0.3 is 14.9 Å². The Labute approximate surface area is 171 Å². The number of rotatable bonds is 7. The summed E-state index contributed by atoms with van der Waals surface area (Å²) >= 11 is 0. The number of hydrogen-bond donors (Lipinski definition) is 2. The molecule has 0 spiro atoms. The number of anilines is 1. The van der Waals surface area contributed by atoms with Gasteiger partial charge in [-0.05, 0) is 50.4 Å². The average molecular weight is 396 g/mol. The molecule has 0 atom stereocenters. The monoisotopic (exact) mass is 395 g/mol. The fourth-order valence-electron chi connectivity index (χ4n) is 3.85. The second kappa shape index (κ2) is 8.80. The number of aromatic nitrogens is 3. The van der Waals surface area contributed by atoms with Gasteiger partial charge in [-0.15, -0.1) is 0 Å². The zero-order valence-electron chi connectivity index (χ0n) is 17.1. The Morgan fingerprint density at radius 1 is 1.24 bits per heavy atom. The van der Waals surface area contributed by atoms with Gasteiger partial charge in [0, 0.05) is 43.2 Å². The molecule has 4 rings (SSSR count). The van der Waals surface area contributed by atoms with Crippen LogP contribution in [-0.2, 0) is 20.1 Å². The van der Waals surface area contributed by atoms with Gasteiger partial charge in [0.25, 0.3) is 0 Å². The normalized spacial score (nSPS) is 15.7. The number of para-hydroxylation sites is 1. The minimum atomic E-state index is 0.309. The standard InChI is InChI=1S/C22H29N5O2/c1-16-20(13-24-26(16)2)22-11-19(29-25-22)12-23-21-6-4-3-5-18(21)14-27-9-7-17(15-28)8-10-27/h3-6,11,13,17,23,28H,7-10,12,14-15H2,1-2H3. The molecule has 1 aromatic carbocycles. The van der Waals surface area contributed by atoms with Crippen LogP contribution in [0.3, 0.4) is 0 Å². The molecule has 7 heteroatoms. The van der Waals surface area contributed by atoms with Crippen molar-refractivity contribution in [2.45, 2.75) is 32.9 Å². The fourth-order valence-corrected chi connectivity index (χ4v) is 3.85. The summed E-state index contributed by atoms with van der Waals surface area (Å²) in [6.07, 6.45) is 3.96. The number of piperidine rings is 1. The van der Waals surface area contributed by atoms with Crippen molar-refractivity contribution < 1.29 is 9.63 Å². The first-order valence-corrected chi connectivity index (χ1v) is 10.2. The molecular weight excluding hydrogens is 366 g/mol. The first-order valence-electron chi connectivity index (χ1n) is 10.2. The van der Waals surface area contributed by atoms with Gasteiger partial charge in [-0.2, -0.15) is 5.10 Å². The molecule has 0 amide bonds. The van der Waals surface area contributed by atoms with Crippen molar-refractivity contribution in [3.63, 3.8) is 0 Å². The third-order valence-corrected chi connectivity index (χ3v) is 5.90. The van der Waals surface area contributed by atoms with Crippen LogP contribution in [0.5, 0.6) is 0 Å². The zero-order chi connectivity index (χ0) is 20.2. The molecule has 0 saturated carbocycles. The summed E-state index contributed by atoms with van der Waals surface area (Å²) in [6, 6.07) is 10.4. The highest BCUT2D eigenvalue weighted by Gasteiger charge is 2.19. The lowest BCUT2D eigenvalue weighted by molar-refractivity contribution is 0.127. The molecule has 154 valence electrons. The number of benzene rings is 1. The van der Waals surface area contributed by atoms with Crippen LogP contribution in [0.15, 0.2) is 41.1 Å². The summed E-state index contributed by atoms with van der Waals surface area (Å²) in [5, 5.41) is 21.3. The summed E-state index contributed by atoms with van der Waals surface area (Å²) in [5.74, 6) is 1.26. The molecule has 2 aromatic heterocycles. The minimum Gasteiger partial charge on any atom is -0.396 e. The van der Waals surface area contributed by atoms with Crippen molar-refractivity contribution in [2.75, 3.05) is 25.0 Å². The maximum absolute atomic E-state index is 9.33. The van der Waals surface area contributed by atoms with Crippen LogP contribution in [0.4, 0.5) is 5.69 Å². The third-order valence-electron chi connectivity index (χ3n) is 5.90. The fraction of sp³-hybridized carbons (Fsp3) is 0.455. The molecule has 1 aliphatic rings.